The number of nitrogens with one attached hydrogen (secondary N) is 1. The molecule has 0 amide bonds. The van der Waals surface area contributed by atoms with E-state index in [0.29, 0.717) is 11.3 Å². The highest BCUT2D eigenvalue weighted by Crippen LogP contribution is 2.27. The summed E-state index contributed by atoms with van der Waals surface area (Å²) in [5.74, 6) is 0.707. The van der Waals surface area contributed by atoms with Crippen LogP contribution in [0.5, 0.6) is 5.75 Å². The third kappa shape index (κ3) is 1.91. The van der Waals surface area contributed by atoms with Gasteiger partial charge in [0.1, 0.15) is 17.6 Å². The molecule has 0 bridgehead atoms. The van der Waals surface area contributed by atoms with E-state index in [1.165, 1.54) is 6.33 Å². The van der Waals surface area contributed by atoms with Crippen molar-refractivity contribution in [1.29, 1.82) is 0 Å². The number of aromatic hydroxyl groups is 1. The zero-order valence-electron chi connectivity index (χ0n) is 9.21. The molecule has 90 valence electrons. The lowest BCUT2D eigenvalue weighted by Gasteiger charge is -2.07. The summed E-state index contributed by atoms with van der Waals surface area (Å²) >= 11 is 3.40. The number of benzene rings is 1. The van der Waals surface area contributed by atoms with Gasteiger partial charge in [0.2, 0.25) is 0 Å². The molecule has 0 aliphatic rings. The average Bonchev–Trinajstić information content (AvgIpc) is 2.72. The summed E-state index contributed by atoms with van der Waals surface area (Å²) in [5, 5.41) is 16.9. The minimum atomic E-state index is 0.146. The highest BCUT2D eigenvalue weighted by atomic mass is 79.9. The maximum absolute atomic E-state index is 9.77. The standard InChI is InChI=1S/C12H9BrN4O/c13-8-2-1-3-9(6-8)16-12-11-10(18)4-5-17(11)15-7-14-12/h1-7,18H,(H,14,15,16). The minimum Gasteiger partial charge on any atom is -0.505 e. The quantitative estimate of drug-likeness (QED) is 0.764. The van der Waals surface area contributed by atoms with Crippen molar-refractivity contribution >= 4 is 33.0 Å². The van der Waals surface area contributed by atoms with Crippen LogP contribution in [-0.4, -0.2) is 19.7 Å². The van der Waals surface area contributed by atoms with E-state index in [1.807, 2.05) is 24.3 Å². The Balaban J connectivity index is 2.07. The van der Waals surface area contributed by atoms with Gasteiger partial charge in [-0.2, -0.15) is 5.10 Å². The average molecular weight is 305 g/mol. The van der Waals surface area contributed by atoms with Gasteiger partial charge in [-0.15, -0.1) is 0 Å². The molecule has 0 atom stereocenters. The predicted molar refractivity (Wildman–Crippen MR) is 72.1 cm³/mol. The molecule has 3 rings (SSSR count). The number of hydrogen-bond donors (Lipinski definition) is 2. The molecule has 0 radical (unpaired) electrons. The van der Waals surface area contributed by atoms with Gasteiger partial charge in [-0.3, -0.25) is 0 Å². The van der Waals surface area contributed by atoms with Gasteiger partial charge in [0.15, 0.2) is 5.82 Å². The first-order valence-corrected chi connectivity index (χ1v) is 6.07. The van der Waals surface area contributed by atoms with Crippen LogP contribution in [0.15, 0.2) is 47.3 Å². The zero-order valence-corrected chi connectivity index (χ0v) is 10.8. The fourth-order valence-electron chi connectivity index (χ4n) is 1.73. The van der Waals surface area contributed by atoms with E-state index < -0.39 is 0 Å². The molecule has 0 fully saturated rings. The zero-order chi connectivity index (χ0) is 12.5. The van der Waals surface area contributed by atoms with Gasteiger partial charge in [0.05, 0.1) is 0 Å². The third-order valence-electron chi connectivity index (χ3n) is 2.52. The SMILES string of the molecule is Oc1ccn2ncnc(Nc3cccc(Br)c3)c12. The fraction of sp³-hybridized carbons (Fsp3) is 0. The molecule has 0 spiro atoms. The molecule has 3 aromatic rings. The summed E-state index contributed by atoms with van der Waals surface area (Å²) in [6, 6.07) is 9.29. The molecule has 0 aliphatic heterocycles. The van der Waals surface area contributed by atoms with Crippen LogP contribution in [0.2, 0.25) is 0 Å². The molecular formula is C12H9BrN4O. The fourth-order valence-corrected chi connectivity index (χ4v) is 2.13. The molecule has 6 heteroatoms. The number of anilines is 2. The van der Waals surface area contributed by atoms with Crippen LogP contribution in [0.4, 0.5) is 11.5 Å². The predicted octanol–water partition coefficient (Wildman–Crippen LogP) is 2.94. The van der Waals surface area contributed by atoms with Crippen LogP contribution in [-0.2, 0) is 0 Å². The molecule has 18 heavy (non-hydrogen) atoms. The number of aromatic nitrogens is 3. The van der Waals surface area contributed by atoms with Crippen molar-refractivity contribution in [3.63, 3.8) is 0 Å². The van der Waals surface area contributed by atoms with E-state index in [0.717, 1.165) is 10.2 Å². The summed E-state index contributed by atoms with van der Waals surface area (Å²) in [4.78, 5) is 4.15. The van der Waals surface area contributed by atoms with Crippen LogP contribution in [0.1, 0.15) is 0 Å². The van der Waals surface area contributed by atoms with E-state index in [4.69, 9.17) is 0 Å². The Morgan fingerprint density at radius 3 is 3.00 bits per heavy atom. The van der Waals surface area contributed by atoms with Crippen LogP contribution in [0, 0.1) is 0 Å². The van der Waals surface area contributed by atoms with Crippen molar-refractivity contribution < 1.29 is 5.11 Å². The van der Waals surface area contributed by atoms with Crippen molar-refractivity contribution in [1.82, 2.24) is 14.6 Å². The Bertz CT molecular complexity index is 710. The van der Waals surface area contributed by atoms with Gasteiger partial charge in [0.25, 0.3) is 0 Å². The first kappa shape index (κ1) is 11.0. The summed E-state index contributed by atoms with van der Waals surface area (Å²) < 4.78 is 2.54. The van der Waals surface area contributed by atoms with Gasteiger partial charge in [-0.05, 0) is 18.2 Å². The topological polar surface area (TPSA) is 62.5 Å². The summed E-state index contributed by atoms with van der Waals surface area (Å²) in [6.45, 7) is 0. The Morgan fingerprint density at radius 1 is 1.28 bits per heavy atom. The second-order valence-electron chi connectivity index (χ2n) is 3.74. The lowest BCUT2D eigenvalue weighted by molar-refractivity contribution is 0.481. The van der Waals surface area contributed by atoms with E-state index in [-0.39, 0.29) is 5.75 Å². The van der Waals surface area contributed by atoms with Crippen molar-refractivity contribution in [2.75, 3.05) is 5.32 Å². The second-order valence-corrected chi connectivity index (χ2v) is 4.65. The van der Waals surface area contributed by atoms with Crippen molar-refractivity contribution in [3.8, 4) is 5.75 Å². The maximum Gasteiger partial charge on any atom is 0.162 e. The van der Waals surface area contributed by atoms with Crippen molar-refractivity contribution in [3.05, 3.63) is 47.3 Å². The number of nitrogens with zero attached hydrogens (tertiary/aromatic N) is 3. The van der Waals surface area contributed by atoms with Crippen LogP contribution in [0.25, 0.3) is 5.52 Å². The monoisotopic (exact) mass is 304 g/mol. The number of halogens is 1. The first-order valence-electron chi connectivity index (χ1n) is 5.28. The smallest absolute Gasteiger partial charge is 0.162 e. The number of rotatable bonds is 2. The Morgan fingerprint density at radius 2 is 2.17 bits per heavy atom. The van der Waals surface area contributed by atoms with E-state index in [2.05, 4.69) is 31.3 Å². The molecule has 2 N–H and O–H groups in total. The Labute approximate surface area is 111 Å². The van der Waals surface area contributed by atoms with E-state index >= 15 is 0 Å². The largest absolute Gasteiger partial charge is 0.505 e. The molecular weight excluding hydrogens is 296 g/mol. The lowest BCUT2D eigenvalue weighted by Crippen LogP contribution is -1.99. The minimum absolute atomic E-state index is 0.146. The molecule has 0 unspecified atom stereocenters. The van der Waals surface area contributed by atoms with E-state index in [9.17, 15) is 5.11 Å². The number of fused-ring (bicyclic) bond motifs is 1. The summed E-state index contributed by atoms with van der Waals surface area (Å²) in [5.41, 5.74) is 1.43. The summed E-state index contributed by atoms with van der Waals surface area (Å²) in [6.07, 6.45) is 3.12. The summed E-state index contributed by atoms with van der Waals surface area (Å²) in [7, 11) is 0. The van der Waals surface area contributed by atoms with Crippen LogP contribution in [0.3, 0.4) is 0 Å². The Kier molecular flexibility index (Phi) is 2.64. The van der Waals surface area contributed by atoms with Crippen LogP contribution < -0.4 is 5.32 Å². The highest BCUT2D eigenvalue weighted by Gasteiger charge is 2.09. The first-order chi connectivity index (χ1) is 8.74. The van der Waals surface area contributed by atoms with Crippen molar-refractivity contribution in [2.24, 2.45) is 0 Å². The third-order valence-corrected chi connectivity index (χ3v) is 3.01. The van der Waals surface area contributed by atoms with Gasteiger partial charge < -0.3 is 10.4 Å². The molecule has 0 saturated carbocycles. The lowest BCUT2D eigenvalue weighted by atomic mass is 10.3. The normalized spacial score (nSPS) is 10.7. The maximum atomic E-state index is 9.77. The number of hydrogen-bond acceptors (Lipinski definition) is 4. The molecule has 0 saturated heterocycles. The Hall–Kier alpha value is -2.08. The second kappa shape index (κ2) is 4.30. The molecule has 1 aromatic carbocycles. The molecule has 0 aliphatic carbocycles. The van der Waals surface area contributed by atoms with Crippen LogP contribution >= 0.6 is 15.9 Å². The van der Waals surface area contributed by atoms with Gasteiger partial charge >= 0.3 is 0 Å². The van der Waals surface area contributed by atoms with E-state index in [1.54, 1.807) is 16.8 Å². The van der Waals surface area contributed by atoms with Gasteiger partial charge in [-0.25, -0.2) is 9.50 Å². The van der Waals surface area contributed by atoms with Crippen molar-refractivity contribution in [2.45, 2.75) is 0 Å². The van der Waals surface area contributed by atoms with Gasteiger partial charge in [0, 0.05) is 22.4 Å². The highest BCUT2D eigenvalue weighted by molar-refractivity contribution is 9.10. The molecule has 2 aromatic heterocycles. The van der Waals surface area contributed by atoms with Gasteiger partial charge in [-0.1, -0.05) is 22.0 Å². The molecule has 2 heterocycles. The molecule has 5 nitrogen and oxygen atoms in total.